The Kier molecular flexibility index (Phi) is 5.94. The molecule has 6 heteroatoms. The number of rotatable bonds is 5. The minimum atomic E-state index is -3.96. The van der Waals surface area contributed by atoms with Crippen LogP contribution in [0.3, 0.4) is 0 Å². The molecule has 24 heavy (non-hydrogen) atoms. The zero-order valence-corrected chi connectivity index (χ0v) is 13.7. The number of hydrogen-bond donors (Lipinski definition) is 3. The van der Waals surface area contributed by atoms with Crippen LogP contribution in [0.15, 0.2) is 54.6 Å². The lowest BCUT2D eigenvalue weighted by atomic mass is 10.0. The van der Waals surface area contributed by atoms with Crippen molar-refractivity contribution < 1.29 is 24.5 Å². The van der Waals surface area contributed by atoms with E-state index >= 15 is 0 Å². The first-order valence-electron chi connectivity index (χ1n) is 7.27. The van der Waals surface area contributed by atoms with Gasteiger partial charge in [0.25, 0.3) is 7.37 Å². The van der Waals surface area contributed by atoms with Gasteiger partial charge in [-0.05, 0) is 22.9 Å². The first kappa shape index (κ1) is 18.0. The van der Waals surface area contributed by atoms with E-state index in [1.165, 1.54) is 0 Å². The van der Waals surface area contributed by atoms with E-state index in [4.69, 9.17) is 5.11 Å². The maximum absolute atomic E-state index is 12.1. The Balaban J connectivity index is 2.25. The largest absolute Gasteiger partial charge is 0.481 e. The van der Waals surface area contributed by atoms with Crippen molar-refractivity contribution >= 4 is 13.3 Å². The minimum Gasteiger partial charge on any atom is -0.481 e. The molecule has 0 radical (unpaired) electrons. The quantitative estimate of drug-likeness (QED) is 0.573. The van der Waals surface area contributed by atoms with Gasteiger partial charge >= 0.3 is 5.97 Å². The summed E-state index contributed by atoms with van der Waals surface area (Å²) in [6.45, 7) is 0. The number of carboxylic acids is 1. The summed E-state index contributed by atoms with van der Waals surface area (Å²) < 4.78 is 12.1. The van der Waals surface area contributed by atoms with E-state index in [9.17, 15) is 19.4 Å². The topological polar surface area (TPSA) is 94.8 Å². The molecule has 0 aliphatic heterocycles. The predicted octanol–water partition coefficient (Wildman–Crippen LogP) is 2.77. The SMILES string of the molecule is O=C(O)C[C@H](O)CP(=O)(O)C#Cc1ccccc1-c1ccccc1. The van der Waals surface area contributed by atoms with E-state index in [-0.39, 0.29) is 0 Å². The van der Waals surface area contributed by atoms with Gasteiger partial charge in [-0.1, -0.05) is 54.5 Å². The first-order valence-corrected chi connectivity index (χ1v) is 9.11. The molecule has 0 amide bonds. The highest BCUT2D eigenvalue weighted by atomic mass is 31.2. The van der Waals surface area contributed by atoms with Crippen LogP contribution in [-0.2, 0) is 9.36 Å². The fourth-order valence-electron chi connectivity index (χ4n) is 2.21. The molecule has 2 atom stereocenters. The van der Waals surface area contributed by atoms with E-state index in [1.807, 2.05) is 42.5 Å². The number of carbonyl (C=O) groups is 1. The number of aliphatic carboxylic acids is 1. The van der Waals surface area contributed by atoms with Crippen molar-refractivity contribution in [1.82, 2.24) is 0 Å². The molecule has 3 N–H and O–H groups in total. The third kappa shape index (κ3) is 5.36. The Hall–Kier alpha value is -2.38. The number of aliphatic hydroxyl groups excluding tert-OH is 1. The molecule has 0 saturated carbocycles. The molecular formula is C18H17O5P. The fraction of sp³-hybridized carbons (Fsp3) is 0.167. The van der Waals surface area contributed by atoms with Gasteiger partial charge in [0, 0.05) is 5.56 Å². The van der Waals surface area contributed by atoms with Gasteiger partial charge in [0.15, 0.2) is 0 Å². The van der Waals surface area contributed by atoms with Crippen LogP contribution in [0.5, 0.6) is 0 Å². The van der Waals surface area contributed by atoms with Gasteiger partial charge in [0.1, 0.15) is 0 Å². The summed E-state index contributed by atoms with van der Waals surface area (Å²) in [6, 6.07) is 16.7. The summed E-state index contributed by atoms with van der Waals surface area (Å²) >= 11 is 0. The fourth-order valence-corrected chi connectivity index (χ4v) is 3.29. The smallest absolute Gasteiger partial charge is 0.305 e. The van der Waals surface area contributed by atoms with Crippen LogP contribution in [0, 0.1) is 11.6 Å². The second kappa shape index (κ2) is 7.94. The highest BCUT2D eigenvalue weighted by Crippen LogP contribution is 2.40. The summed E-state index contributed by atoms with van der Waals surface area (Å²) in [4.78, 5) is 20.4. The van der Waals surface area contributed by atoms with Crippen LogP contribution in [0.2, 0.25) is 0 Å². The van der Waals surface area contributed by atoms with Crippen molar-refractivity contribution in [3.05, 3.63) is 60.2 Å². The predicted molar refractivity (Wildman–Crippen MR) is 91.7 cm³/mol. The highest BCUT2D eigenvalue weighted by molar-refractivity contribution is 7.63. The lowest BCUT2D eigenvalue weighted by molar-refractivity contribution is -0.138. The zero-order valence-electron chi connectivity index (χ0n) is 12.8. The molecule has 2 rings (SSSR count). The van der Waals surface area contributed by atoms with Crippen LogP contribution in [0.25, 0.3) is 11.1 Å². The van der Waals surface area contributed by atoms with Crippen LogP contribution in [-0.4, -0.2) is 33.3 Å². The summed E-state index contributed by atoms with van der Waals surface area (Å²) in [5.74, 6) is 1.46. The summed E-state index contributed by atoms with van der Waals surface area (Å²) in [6.07, 6.45) is -2.57. The molecule has 2 aromatic carbocycles. The van der Waals surface area contributed by atoms with Crippen molar-refractivity contribution in [3.8, 4) is 22.7 Å². The first-order chi connectivity index (χ1) is 11.4. The maximum atomic E-state index is 12.1. The van der Waals surface area contributed by atoms with Crippen LogP contribution in [0.1, 0.15) is 12.0 Å². The van der Waals surface area contributed by atoms with Gasteiger partial charge in [-0.2, -0.15) is 0 Å². The summed E-state index contributed by atoms with van der Waals surface area (Å²) in [7, 11) is -3.96. The monoisotopic (exact) mass is 344 g/mol. The van der Waals surface area contributed by atoms with Crippen molar-refractivity contribution in [3.63, 3.8) is 0 Å². The highest BCUT2D eigenvalue weighted by Gasteiger charge is 2.22. The molecule has 0 aliphatic carbocycles. The molecule has 0 saturated heterocycles. The molecule has 0 aromatic heterocycles. The Morgan fingerprint density at radius 1 is 1.08 bits per heavy atom. The third-order valence-electron chi connectivity index (χ3n) is 3.25. The van der Waals surface area contributed by atoms with Gasteiger partial charge in [-0.25, -0.2) is 0 Å². The van der Waals surface area contributed by atoms with Crippen LogP contribution >= 0.6 is 7.37 Å². The minimum absolute atomic E-state index is 0.570. The number of hydrogen-bond acceptors (Lipinski definition) is 3. The molecule has 0 heterocycles. The molecule has 0 aliphatic rings. The molecule has 0 fully saturated rings. The van der Waals surface area contributed by atoms with E-state index in [0.717, 1.165) is 11.1 Å². The Labute approximate surface area is 140 Å². The second-order valence-corrected chi connectivity index (χ2v) is 7.28. The van der Waals surface area contributed by atoms with Crippen molar-refractivity contribution in [2.24, 2.45) is 0 Å². The average molecular weight is 344 g/mol. The van der Waals surface area contributed by atoms with E-state index in [1.54, 1.807) is 12.1 Å². The molecule has 0 spiro atoms. The molecular weight excluding hydrogens is 327 g/mol. The van der Waals surface area contributed by atoms with Crippen molar-refractivity contribution in [2.45, 2.75) is 12.5 Å². The Morgan fingerprint density at radius 2 is 1.71 bits per heavy atom. The van der Waals surface area contributed by atoms with Gasteiger partial charge in [-0.15, -0.1) is 0 Å². The maximum Gasteiger partial charge on any atom is 0.305 e. The van der Waals surface area contributed by atoms with Gasteiger partial charge in [0.05, 0.1) is 18.7 Å². The normalized spacial score (nSPS) is 14.1. The molecule has 0 bridgehead atoms. The van der Waals surface area contributed by atoms with Crippen molar-refractivity contribution in [2.75, 3.05) is 6.16 Å². The van der Waals surface area contributed by atoms with Gasteiger partial charge < -0.3 is 15.1 Å². The standard InChI is InChI=1S/C18H17O5P/c19-16(12-18(20)21)13-24(22,23)11-10-15-8-4-5-9-17(15)14-6-2-1-3-7-14/h1-9,16,19H,12-13H2,(H,20,21)(H,22,23)/t16-/m0/s1. The molecule has 124 valence electrons. The van der Waals surface area contributed by atoms with Gasteiger partial charge in [0.2, 0.25) is 0 Å². The molecule has 5 nitrogen and oxygen atoms in total. The third-order valence-corrected chi connectivity index (χ3v) is 4.62. The molecule has 2 aromatic rings. The molecule has 1 unspecified atom stereocenters. The van der Waals surface area contributed by atoms with E-state index in [0.29, 0.717) is 5.56 Å². The van der Waals surface area contributed by atoms with E-state index in [2.05, 4.69) is 11.6 Å². The average Bonchev–Trinajstić information content (AvgIpc) is 2.53. The zero-order chi connectivity index (χ0) is 17.6. The van der Waals surface area contributed by atoms with Gasteiger partial charge in [-0.3, -0.25) is 9.36 Å². The number of benzene rings is 2. The van der Waals surface area contributed by atoms with Crippen LogP contribution < -0.4 is 0 Å². The Morgan fingerprint density at radius 3 is 2.38 bits per heavy atom. The second-order valence-electron chi connectivity index (χ2n) is 5.28. The van der Waals surface area contributed by atoms with Crippen LogP contribution in [0.4, 0.5) is 0 Å². The van der Waals surface area contributed by atoms with E-state index < -0.39 is 32.0 Å². The lowest BCUT2D eigenvalue weighted by Crippen LogP contribution is -2.17. The number of carboxylic acid groups (broad SMARTS) is 1. The van der Waals surface area contributed by atoms with Crippen molar-refractivity contribution in [1.29, 1.82) is 0 Å². The summed E-state index contributed by atoms with van der Waals surface area (Å²) in [5, 5.41) is 18.1. The number of aliphatic hydroxyl groups is 1. The summed E-state index contributed by atoms with van der Waals surface area (Å²) in [5.41, 5.74) is 4.65. The Bertz CT molecular complexity index is 820. The lowest BCUT2D eigenvalue weighted by Gasteiger charge is -2.09.